The maximum absolute atomic E-state index is 12.6. The zero-order valence-corrected chi connectivity index (χ0v) is 20.0. The van der Waals surface area contributed by atoms with E-state index in [-0.39, 0.29) is 18.1 Å². The van der Waals surface area contributed by atoms with Gasteiger partial charge in [-0.05, 0) is 59.6 Å². The van der Waals surface area contributed by atoms with Crippen molar-refractivity contribution in [1.29, 1.82) is 0 Å². The minimum absolute atomic E-state index is 0.0248. The van der Waals surface area contributed by atoms with Crippen LogP contribution in [0.2, 0.25) is 0 Å². The number of nitrogens with one attached hydrogen (secondary N) is 1. The Morgan fingerprint density at radius 1 is 1.18 bits per heavy atom. The number of carbonyl (C=O) groups excluding carboxylic acids is 1. The third kappa shape index (κ3) is 5.52. The lowest BCUT2D eigenvalue weighted by molar-refractivity contribution is -0.385. The van der Waals surface area contributed by atoms with Crippen molar-refractivity contribution in [3.8, 4) is 5.75 Å². The Balaban J connectivity index is 1.36. The lowest BCUT2D eigenvalue weighted by atomic mass is 10.1. The number of carbonyl (C=O) groups is 1. The fourth-order valence-corrected chi connectivity index (χ4v) is 3.68. The highest BCUT2D eigenvalue weighted by Crippen LogP contribution is 2.25. The van der Waals surface area contributed by atoms with E-state index in [2.05, 4.69) is 26.3 Å². The van der Waals surface area contributed by atoms with E-state index in [0.717, 1.165) is 5.56 Å². The Morgan fingerprint density at radius 2 is 1.94 bits per heavy atom. The van der Waals surface area contributed by atoms with Crippen LogP contribution in [0.3, 0.4) is 0 Å². The number of benzene rings is 2. The number of nitro groups is 1. The fourth-order valence-electron chi connectivity index (χ4n) is 3.27. The Bertz CT molecular complexity index is 1340. The second kappa shape index (κ2) is 9.92. The van der Waals surface area contributed by atoms with E-state index in [0.29, 0.717) is 33.9 Å². The van der Waals surface area contributed by atoms with Crippen molar-refractivity contribution in [1.82, 2.24) is 9.78 Å². The molecule has 0 aliphatic carbocycles. The van der Waals surface area contributed by atoms with Gasteiger partial charge in [-0.1, -0.05) is 29.8 Å². The van der Waals surface area contributed by atoms with E-state index in [1.807, 2.05) is 31.2 Å². The molecule has 0 fully saturated rings. The van der Waals surface area contributed by atoms with Gasteiger partial charge in [-0.15, -0.1) is 0 Å². The van der Waals surface area contributed by atoms with Crippen LogP contribution in [0.15, 0.2) is 69.7 Å². The van der Waals surface area contributed by atoms with Gasteiger partial charge in [0.2, 0.25) is 0 Å². The van der Waals surface area contributed by atoms with E-state index < -0.39 is 10.8 Å². The van der Waals surface area contributed by atoms with Gasteiger partial charge in [0, 0.05) is 17.8 Å². The van der Waals surface area contributed by atoms with Gasteiger partial charge in [0.1, 0.15) is 18.1 Å². The van der Waals surface area contributed by atoms with Crippen LogP contribution < -0.4 is 10.1 Å². The minimum Gasteiger partial charge on any atom is -0.486 e. The molecule has 0 bridgehead atoms. The summed E-state index contributed by atoms with van der Waals surface area (Å²) in [5, 5.41) is 18.1. The van der Waals surface area contributed by atoms with Gasteiger partial charge in [0.25, 0.3) is 11.6 Å². The molecule has 0 saturated heterocycles. The molecule has 9 nitrogen and oxygen atoms in total. The van der Waals surface area contributed by atoms with Crippen LogP contribution in [0, 0.1) is 24.0 Å². The molecule has 1 N–H and O–H groups in total. The first-order chi connectivity index (χ1) is 16.3. The molecule has 4 rings (SSSR count). The molecule has 0 aliphatic heterocycles. The first-order valence-electron chi connectivity index (χ1n) is 10.3. The number of hydrogen-bond acceptors (Lipinski definition) is 6. The maximum atomic E-state index is 12.6. The maximum Gasteiger partial charge on any atom is 0.292 e. The van der Waals surface area contributed by atoms with Gasteiger partial charge in [-0.2, -0.15) is 5.10 Å². The number of ether oxygens (including phenoxy) is 1. The quantitative estimate of drug-likeness (QED) is 0.235. The van der Waals surface area contributed by atoms with Crippen molar-refractivity contribution in [2.24, 2.45) is 0 Å². The van der Waals surface area contributed by atoms with Crippen LogP contribution in [0.1, 0.15) is 33.0 Å². The molecule has 0 atom stereocenters. The predicted molar refractivity (Wildman–Crippen MR) is 129 cm³/mol. The van der Waals surface area contributed by atoms with Gasteiger partial charge in [-0.25, -0.2) is 0 Å². The molecule has 0 radical (unpaired) electrons. The Morgan fingerprint density at radius 3 is 2.65 bits per heavy atom. The van der Waals surface area contributed by atoms with Gasteiger partial charge in [0.05, 0.1) is 15.9 Å². The van der Waals surface area contributed by atoms with Crippen molar-refractivity contribution in [2.45, 2.75) is 27.0 Å². The van der Waals surface area contributed by atoms with Crippen molar-refractivity contribution in [3.63, 3.8) is 0 Å². The third-order valence-corrected chi connectivity index (χ3v) is 5.63. The van der Waals surface area contributed by atoms with Crippen molar-refractivity contribution in [2.75, 3.05) is 5.32 Å². The summed E-state index contributed by atoms with van der Waals surface area (Å²) in [7, 11) is 0. The molecular formula is C24H21BrN4O5. The van der Waals surface area contributed by atoms with Crippen molar-refractivity contribution < 1.29 is 18.9 Å². The number of rotatable bonds is 8. The number of hydrogen-bond donors (Lipinski definition) is 1. The van der Waals surface area contributed by atoms with E-state index >= 15 is 0 Å². The number of amides is 1. The molecule has 0 spiro atoms. The van der Waals surface area contributed by atoms with Crippen LogP contribution in [-0.4, -0.2) is 20.6 Å². The molecule has 0 aliphatic rings. The monoisotopic (exact) mass is 524 g/mol. The molecule has 1 amide bonds. The highest BCUT2D eigenvalue weighted by molar-refractivity contribution is 9.10. The number of furan rings is 1. The average Bonchev–Trinajstić information content (AvgIpc) is 3.40. The van der Waals surface area contributed by atoms with E-state index in [1.165, 1.54) is 17.7 Å². The zero-order chi connectivity index (χ0) is 24.2. The lowest BCUT2D eigenvalue weighted by Crippen LogP contribution is -2.12. The number of aromatic nitrogens is 2. The Kier molecular flexibility index (Phi) is 6.78. The van der Waals surface area contributed by atoms with Gasteiger partial charge in [0.15, 0.2) is 11.6 Å². The van der Waals surface area contributed by atoms with Crippen LogP contribution in [0.5, 0.6) is 5.75 Å². The smallest absolute Gasteiger partial charge is 0.292 e. The van der Waals surface area contributed by atoms with Crippen LogP contribution in [-0.2, 0) is 13.2 Å². The highest BCUT2D eigenvalue weighted by atomic mass is 79.9. The number of nitro benzene ring substituents is 1. The lowest BCUT2D eigenvalue weighted by Gasteiger charge is -2.05. The number of nitrogens with zero attached hydrogens (tertiary/aromatic N) is 3. The standard InChI is InChI=1S/C24H21BrN4O5/c1-15-3-5-17(6-4-15)12-28-13-20(25)23(27-28)26-24(30)22-10-8-19(34-22)14-33-18-7-9-21(29(31)32)16(2)11-18/h3-11,13H,12,14H2,1-2H3,(H,26,27,30). The third-order valence-electron chi connectivity index (χ3n) is 5.05. The second-order valence-corrected chi connectivity index (χ2v) is 8.58. The number of aryl methyl sites for hydroxylation is 2. The van der Waals surface area contributed by atoms with E-state index in [4.69, 9.17) is 9.15 Å². The molecule has 2 heterocycles. The van der Waals surface area contributed by atoms with E-state index in [1.54, 1.807) is 36.0 Å². The summed E-state index contributed by atoms with van der Waals surface area (Å²) in [5.74, 6) is 0.948. The van der Waals surface area contributed by atoms with Gasteiger partial charge >= 0.3 is 0 Å². The summed E-state index contributed by atoms with van der Waals surface area (Å²) in [5.41, 5.74) is 2.80. The first kappa shape index (κ1) is 23.2. The molecular weight excluding hydrogens is 504 g/mol. The summed E-state index contributed by atoms with van der Waals surface area (Å²) in [6, 6.07) is 15.8. The fraction of sp³-hybridized carbons (Fsp3) is 0.167. The summed E-state index contributed by atoms with van der Waals surface area (Å²) < 4.78 is 13.6. The zero-order valence-electron chi connectivity index (χ0n) is 18.4. The van der Waals surface area contributed by atoms with Crippen LogP contribution in [0.25, 0.3) is 0 Å². The van der Waals surface area contributed by atoms with Crippen LogP contribution >= 0.6 is 15.9 Å². The summed E-state index contributed by atoms with van der Waals surface area (Å²) in [4.78, 5) is 23.1. The summed E-state index contributed by atoms with van der Waals surface area (Å²) in [6.07, 6.45) is 1.79. The SMILES string of the molecule is Cc1ccc(Cn2cc(Br)c(NC(=O)c3ccc(COc4ccc([N+](=O)[O-])c(C)c4)o3)n2)cc1. The molecule has 0 unspecified atom stereocenters. The largest absolute Gasteiger partial charge is 0.486 e. The predicted octanol–water partition coefficient (Wildman–Crippen LogP) is 5.64. The normalized spacial score (nSPS) is 10.8. The second-order valence-electron chi connectivity index (χ2n) is 7.72. The van der Waals surface area contributed by atoms with Gasteiger partial charge < -0.3 is 14.5 Å². The first-order valence-corrected chi connectivity index (χ1v) is 11.1. The van der Waals surface area contributed by atoms with Crippen molar-refractivity contribution >= 4 is 33.3 Å². The molecule has 174 valence electrons. The topological polar surface area (TPSA) is 112 Å². The molecule has 34 heavy (non-hydrogen) atoms. The Labute approximate surface area is 203 Å². The van der Waals surface area contributed by atoms with Crippen LogP contribution in [0.4, 0.5) is 11.5 Å². The molecule has 4 aromatic rings. The molecule has 0 saturated carbocycles. The summed E-state index contributed by atoms with van der Waals surface area (Å²) in [6.45, 7) is 4.31. The highest BCUT2D eigenvalue weighted by Gasteiger charge is 2.16. The minimum atomic E-state index is -0.446. The summed E-state index contributed by atoms with van der Waals surface area (Å²) >= 11 is 3.43. The number of halogens is 1. The molecule has 2 aromatic carbocycles. The average molecular weight is 525 g/mol. The molecule has 10 heteroatoms. The molecule has 2 aromatic heterocycles. The van der Waals surface area contributed by atoms with E-state index in [9.17, 15) is 14.9 Å². The van der Waals surface area contributed by atoms with Crippen molar-refractivity contribution in [3.05, 3.63) is 104 Å². The Hall–Kier alpha value is -3.92. The van der Waals surface area contributed by atoms with Gasteiger partial charge in [-0.3, -0.25) is 19.6 Å². The number of anilines is 1.